The van der Waals surface area contributed by atoms with E-state index >= 15 is 0 Å². The van der Waals surface area contributed by atoms with Crippen LogP contribution in [0.1, 0.15) is 6.92 Å². The highest BCUT2D eigenvalue weighted by molar-refractivity contribution is 7.99. The monoisotopic (exact) mass is 418 g/mol. The van der Waals surface area contributed by atoms with Crippen LogP contribution in [0.2, 0.25) is 5.02 Å². The molecule has 0 aliphatic heterocycles. The summed E-state index contributed by atoms with van der Waals surface area (Å²) in [7, 11) is 0. The first-order chi connectivity index (χ1) is 13.4. The number of hydrogen-bond donors (Lipinski definition) is 1. The van der Waals surface area contributed by atoms with E-state index in [2.05, 4.69) is 10.3 Å². The van der Waals surface area contributed by atoms with Crippen LogP contribution < -0.4 is 10.9 Å². The number of rotatable bonds is 6. The number of carbonyl (C=O) groups excluding carboxylic acids is 1. The second-order valence-electron chi connectivity index (χ2n) is 5.72. The van der Waals surface area contributed by atoms with Crippen LogP contribution >= 0.6 is 23.4 Å². The van der Waals surface area contributed by atoms with E-state index in [4.69, 9.17) is 11.6 Å². The van der Waals surface area contributed by atoms with Gasteiger partial charge in [0.15, 0.2) is 5.16 Å². The van der Waals surface area contributed by atoms with Crippen LogP contribution in [0.15, 0.2) is 52.4 Å². The van der Waals surface area contributed by atoms with Crippen molar-refractivity contribution in [2.24, 2.45) is 0 Å². The number of para-hydroxylation sites is 1. The molecule has 0 saturated carbocycles. The smallest absolute Gasteiger partial charge is 0.289 e. The summed E-state index contributed by atoms with van der Waals surface area (Å²) in [6, 6.07) is 11.0. The molecule has 28 heavy (non-hydrogen) atoms. The highest BCUT2D eigenvalue weighted by atomic mass is 35.5. The second kappa shape index (κ2) is 8.41. The molecule has 0 spiro atoms. The quantitative estimate of drug-likeness (QED) is 0.283. The zero-order chi connectivity index (χ0) is 20.3. The zero-order valence-electron chi connectivity index (χ0n) is 14.7. The molecule has 0 saturated heterocycles. The number of fused-ring (bicyclic) bond motifs is 1. The summed E-state index contributed by atoms with van der Waals surface area (Å²) < 4.78 is 1.51. The fourth-order valence-electron chi connectivity index (χ4n) is 2.59. The van der Waals surface area contributed by atoms with Crippen molar-refractivity contribution >= 4 is 51.5 Å². The third-order valence-corrected chi connectivity index (χ3v) is 5.20. The van der Waals surface area contributed by atoms with Crippen molar-refractivity contribution in [2.75, 3.05) is 11.1 Å². The average Bonchev–Trinajstić information content (AvgIpc) is 2.68. The number of nitro groups is 1. The fourth-order valence-corrected chi connectivity index (χ4v) is 3.64. The van der Waals surface area contributed by atoms with Gasteiger partial charge in [0.25, 0.3) is 11.2 Å². The Balaban J connectivity index is 1.77. The number of anilines is 1. The van der Waals surface area contributed by atoms with Gasteiger partial charge in [-0.15, -0.1) is 0 Å². The first kappa shape index (κ1) is 19.8. The van der Waals surface area contributed by atoms with Crippen LogP contribution in [-0.2, 0) is 11.3 Å². The number of hydrogen-bond acceptors (Lipinski definition) is 6. The maximum absolute atomic E-state index is 12.6. The number of aromatic nitrogens is 2. The first-order valence-electron chi connectivity index (χ1n) is 8.27. The van der Waals surface area contributed by atoms with E-state index in [1.165, 1.54) is 22.8 Å². The van der Waals surface area contributed by atoms with Crippen molar-refractivity contribution in [1.82, 2.24) is 9.55 Å². The number of benzene rings is 2. The Hall–Kier alpha value is -2.91. The zero-order valence-corrected chi connectivity index (χ0v) is 16.3. The lowest BCUT2D eigenvalue weighted by Gasteiger charge is -2.11. The Labute approximate surface area is 168 Å². The van der Waals surface area contributed by atoms with Crippen molar-refractivity contribution in [1.29, 1.82) is 0 Å². The first-order valence-corrected chi connectivity index (χ1v) is 9.63. The molecule has 3 aromatic rings. The van der Waals surface area contributed by atoms with Crippen molar-refractivity contribution in [3.05, 3.63) is 68.0 Å². The summed E-state index contributed by atoms with van der Waals surface area (Å²) >= 11 is 6.89. The van der Waals surface area contributed by atoms with Gasteiger partial charge in [-0.25, -0.2) is 4.98 Å². The van der Waals surface area contributed by atoms with Gasteiger partial charge in [0.2, 0.25) is 5.91 Å². The van der Waals surface area contributed by atoms with Crippen molar-refractivity contribution in [3.63, 3.8) is 0 Å². The molecule has 1 heterocycles. The summed E-state index contributed by atoms with van der Waals surface area (Å²) in [5.74, 6) is -0.395. The van der Waals surface area contributed by atoms with Gasteiger partial charge in [-0.2, -0.15) is 0 Å². The van der Waals surface area contributed by atoms with Gasteiger partial charge in [-0.1, -0.05) is 35.5 Å². The number of amides is 1. The lowest BCUT2D eigenvalue weighted by atomic mass is 10.2. The van der Waals surface area contributed by atoms with E-state index in [0.717, 1.165) is 11.8 Å². The van der Waals surface area contributed by atoms with Crippen LogP contribution in [0, 0.1) is 10.1 Å². The van der Waals surface area contributed by atoms with Crippen LogP contribution in [0.5, 0.6) is 0 Å². The summed E-state index contributed by atoms with van der Waals surface area (Å²) in [5.41, 5.74) is 0.377. The van der Waals surface area contributed by atoms with Crippen LogP contribution in [-0.4, -0.2) is 26.1 Å². The Morgan fingerprint density at radius 3 is 2.79 bits per heavy atom. The molecule has 0 bridgehead atoms. The lowest BCUT2D eigenvalue weighted by molar-refractivity contribution is -0.384. The minimum absolute atomic E-state index is 0.00954. The molecule has 0 aliphatic carbocycles. The molecule has 10 heteroatoms. The number of nitrogens with zero attached hydrogens (tertiary/aromatic N) is 3. The molecule has 1 amide bonds. The number of halogens is 1. The second-order valence-corrected chi connectivity index (χ2v) is 7.07. The van der Waals surface area contributed by atoms with E-state index in [0.29, 0.717) is 22.6 Å². The molecular formula is C18H15ClN4O4S. The molecular weight excluding hydrogens is 404 g/mol. The Kier molecular flexibility index (Phi) is 5.96. The SMILES string of the molecule is CCn1c(SCC(=O)Nc2ccc(Cl)c([N+](=O)[O-])c2)nc2ccccc2c1=O. The molecule has 1 N–H and O–H groups in total. The number of thioether (sulfide) groups is 1. The van der Waals surface area contributed by atoms with Crippen molar-refractivity contribution < 1.29 is 9.72 Å². The van der Waals surface area contributed by atoms with Gasteiger partial charge in [0.1, 0.15) is 5.02 Å². The van der Waals surface area contributed by atoms with Gasteiger partial charge in [-0.3, -0.25) is 24.3 Å². The molecule has 144 valence electrons. The van der Waals surface area contributed by atoms with Crippen LogP contribution in [0.25, 0.3) is 10.9 Å². The predicted molar refractivity (Wildman–Crippen MR) is 109 cm³/mol. The topological polar surface area (TPSA) is 107 Å². The maximum atomic E-state index is 12.6. The highest BCUT2D eigenvalue weighted by Gasteiger charge is 2.15. The van der Waals surface area contributed by atoms with Crippen molar-refractivity contribution in [2.45, 2.75) is 18.6 Å². The summed E-state index contributed by atoms with van der Waals surface area (Å²) in [6.07, 6.45) is 0. The molecule has 0 aliphatic rings. The minimum Gasteiger partial charge on any atom is -0.325 e. The number of nitrogens with one attached hydrogen (secondary N) is 1. The molecule has 0 radical (unpaired) electrons. The van der Waals surface area contributed by atoms with Crippen LogP contribution in [0.3, 0.4) is 0 Å². The van der Waals surface area contributed by atoms with Gasteiger partial charge in [-0.05, 0) is 31.2 Å². The molecule has 1 aromatic heterocycles. The minimum atomic E-state index is -0.619. The lowest BCUT2D eigenvalue weighted by Crippen LogP contribution is -2.23. The summed E-state index contributed by atoms with van der Waals surface area (Å²) in [4.78, 5) is 39.6. The van der Waals surface area contributed by atoms with Gasteiger partial charge in [0, 0.05) is 18.3 Å². The van der Waals surface area contributed by atoms with E-state index in [-0.39, 0.29) is 33.6 Å². The van der Waals surface area contributed by atoms with E-state index in [9.17, 15) is 19.7 Å². The Morgan fingerprint density at radius 2 is 2.07 bits per heavy atom. The van der Waals surface area contributed by atoms with Gasteiger partial charge >= 0.3 is 0 Å². The predicted octanol–water partition coefficient (Wildman–Crippen LogP) is 3.71. The van der Waals surface area contributed by atoms with Gasteiger partial charge < -0.3 is 5.32 Å². The molecule has 3 rings (SSSR count). The number of carbonyl (C=O) groups is 1. The number of nitro benzene ring substituents is 1. The average molecular weight is 419 g/mol. The normalized spacial score (nSPS) is 10.8. The Bertz CT molecular complexity index is 1130. The molecule has 2 aromatic carbocycles. The van der Waals surface area contributed by atoms with E-state index in [1.807, 2.05) is 6.92 Å². The molecule has 0 atom stereocenters. The molecule has 0 fully saturated rings. The summed E-state index contributed by atoms with van der Waals surface area (Å²) in [5, 5.41) is 14.5. The summed E-state index contributed by atoms with van der Waals surface area (Å²) in [6.45, 7) is 2.25. The fraction of sp³-hybridized carbons (Fsp3) is 0.167. The Morgan fingerprint density at radius 1 is 1.32 bits per heavy atom. The third kappa shape index (κ3) is 4.15. The third-order valence-electron chi connectivity index (χ3n) is 3.90. The largest absolute Gasteiger partial charge is 0.325 e. The standard InChI is InChI=1S/C18H15ClN4O4S/c1-2-22-17(25)12-5-3-4-6-14(12)21-18(22)28-10-16(24)20-11-7-8-13(19)15(9-11)23(26)27/h3-9H,2,10H2,1H3,(H,20,24). The van der Waals surface area contributed by atoms with Gasteiger partial charge in [0.05, 0.1) is 21.6 Å². The maximum Gasteiger partial charge on any atom is 0.289 e. The van der Waals surface area contributed by atoms with E-state index in [1.54, 1.807) is 24.3 Å². The molecule has 8 nitrogen and oxygen atoms in total. The van der Waals surface area contributed by atoms with E-state index < -0.39 is 4.92 Å². The van der Waals surface area contributed by atoms with Crippen LogP contribution in [0.4, 0.5) is 11.4 Å². The van der Waals surface area contributed by atoms with Crippen molar-refractivity contribution in [3.8, 4) is 0 Å². The molecule has 0 unspecified atom stereocenters. The highest BCUT2D eigenvalue weighted by Crippen LogP contribution is 2.27.